The number of hydrogen-bond donors (Lipinski definition) is 1. The van der Waals surface area contributed by atoms with Gasteiger partial charge in [-0.05, 0) is 37.5 Å². The van der Waals surface area contributed by atoms with Crippen molar-refractivity contribution in [2.45, 2.75) is 52.6 Å². The summed E-state index contributed by atoms with van der Waals surface area (Å²) < 4.78 is 6.00. The molecular weight excluding hydrogens is 238 g/mol. The zero-order chi connectivity index (χ0) is 13.7. The predicted molar refractivity (Wildman–Crippen MR) is 77.4 cm³/mol. The monoisotopic (exact) mass is 263 g/mol. The van der Waals surface area contributed by atoms with Crippen molar-refractivity contribution in [1.82, 2.24) is 9.97 Å². The van der Waals surface area contributed by atoms with Crippen molar-refractivity contribution in [2.75, 3.05) is 11.9 Å². The highest BCUT2D eigenvalue weighted by Crippen LogP contribution is 2.30. The van der Waals surface area contributed by atoms with Gasteiger partial charge in [0.1, 0.15) is 11.9 Å². The fraction of sp³-hybridized carbons (Fsp3) is 0.733. The van der Waals surface area contributed by atoms with E-state index in [9.17, 15) is 0 Å². The molecule has 1 aliphatic rings. The number of rotatable bonds is 5. The van der Waals surface area contributed by atoms with Gasteiger partial charge in [0.2, 0.25) is 5.88 Å². The number of anilines is 1. The van der Waals surface area contributed by atoms with Crippen molar-refractivity contribution < 1.29 is 4.74 Å². The Morgan fingerprint density at radius 1 is 1.21 bits per heavy atom. The molecule has 19 heavy (non-hydrogen) atoms. The summed E-state index contributed by atoms with van der Waals surface area (Å²) in [7, 11) is 0. The highest BCUT2D eigenvalue weighted by Gasteiger charge is 2.25. The Bertz CT molecular complexity index is 387. The van der Waals surface area contributed by atoms with E-state index in [1.54, 1.807) is 12.4 Å². The fourth-order valence-corrected chi connectivity index (χ4v) is 2.88. The van der Waals surface area contributed by atoms with E-state index in [4.69, 9.17) is 4.74 Å². The summed E-state index contributed by atoms with van der Waals surface area (Å²) in [6, 6.07) is 0. The molecule has 0 radical (unpaired) electrons. The Morgan fingerprint density at radius 2 is 1.95 bits per heavy atom. The summed E-state index contributed by atoms with van der Waals surface area (Å²) in [5.41, 5.74) is 0. The van der Waals surface area contributed by atoms with Gasteiger partial charge < -0.3 is 10.1 Å². The summed E-state index contributed by atoms with van der Waals surface area (Å²) in [5.74, 6) is 2.93. The fourth-order valence-electron chi connectivity index (χ4n) is 2.88. The van der Waals surface area contributed by atoms with E-state index in [2.05, 4.69) is 36.1 Å². The smallest absolute Gasteiger partial charge is 0.234 e. The quantitative estimate of drug-likeness (QED) is 0.883. The Morgan fingerprint density at radius 3 is 2.63 bits per heavy atom. The van der Waals surface area contributed by atoms with Crippen LogP contribution in [-0.2, 0) is 0 Å². The normalized spacial score (nSPS) is 27.0. The SMILES string of the molecule is CCCNc1cncc(OC2CC(C)CC(C)C2)n1. The van der Waals surface area contributed by atoms with Crippen LogP contribution in [0.1, 0.15) is 46.5 Å². The summed E-state index contributed by atoms with van der Waals surface area (Å²) in [5, 5.41) is 3.24. The highest BCUT2D eigenvalue weighted by atomic mass is 16.5. The van der Waals surface area contributed by atoms with Gasteiger partial charge in [0.15, 0.2) is 0 Å². The van der Waals surface area contributed by atoms with Crippen LogP contribution >= 0.6 is 0 Å². The first-order valence-electron chi connectivity index (χ1n) is 7.40. The minimum atomic E-state index is 0.287. The predicted octanol–water partition coefficient (Wildman–Crippen LogP) is 3.50. The molecule has 106 valence electrons. The van der Waals surface area contributed by atoms with Gasteiger partial charge in [-0.15, -0.1) is 0 Å². The van der Waals surface area contributed by atoms with E-state index < -0.39 is 0 Å². The third-order valence-corrected chi connectivity index (χ3v) is 3.59. The van der Waals surface area contributed by atoms with Crippen LogP contribution < -0.4 is 10.1 Å². The van der Waals surface area contributed by atoms with Crippen LogP contribution in [0.5, 0.6) is 5.88 Å². The third-order valence-electron chi connectivity index (χ3n) is 3.59. The molecule has 1 N–H and O–H groups in total. The third kappa shape index (κ3) is 4.37. The van der Waals surface area contributed by atoms with Crippen molar-refractivity contribution in [1.29, 1.82) is 0 Å². The van der Waals surface area contributed by atoms with Crippen molar-refractivity contribution >= 4 is 5.82 Å². The molecule has 1 aliphatic carbocycles. The van der Waals surface area contributed by atoms with E-state index >= 15 is 0 Å². The molecule has 0 bridgehead atoms. The van der Waals surface area contributed by atoms with E-state index in [0.29, 0.717) is 5.88 Å². The number of aromatic nitrogens is 2. The molecule has 2 unspecified atom stereocenters. The van der Waals surface area contributed by atoms with E-state index in [-0.39, 0.29) is 6.10 Å². The maximum atomic E-state index is 6.00. The molecule has 1 heterocycles. The van der Waals surface area contributed by atoms with Gasteiger partial charge in [0.25, 0.3) is 0 Å². The molecule has 0 aromatic carbocycles. The molecule has 0 spiro atoms. The van der Waals surface area contributed by atoms with Gasteiger partial charge in [-0.3, -0.25) is 4.98 Å². The number of nitrogens with one attached hydrogen (secondary N) is 1. The highest BCUT2D eigenvalue weighted by molar-refractivity contribution is 5.33. The lowest BCUT2D eigenvalue weighted by Crippen LogP contribution is -2.28. The number of hydrogen-bond acceptors (Lipinski definition) is 4. The average molecular weight is 263 g/mol. The maximum Gasteiger partial charge on any atom is 0.234 e. The van der Waals surface area contributed by atoms with Crippen LogP contribution in [0.25, 0.3) is 0 Å². The van der Waals surface area contributed by atoms with Crippen LogP contribution in [0.2, 0.25) is 0 Å². The minimum Gasteiger partial charge on any atom is -0.473 e. The average Bonchev–Trinajstić information content (AvgIpc) is 2.35. The summed E-state index contributed by atoms with van der Waals surface area (Å²) in [4.78, 5) is 8.65. The van der Waals surface area contributed by atoms with Crippen LogP contribution in [0.15, 0.2) is 12.4 Å². The van der Waals surface area contributed by atoms with Gasteiger partial charge in [-0.2, -0.15) is 4.98 Å². The molecule has 0 aliphatic heterocycles. The Labute approximate surface area is 116 Å². The van der Waals surface area contributed by atoms with Crippen molar-refractivity contribution in [3.63, 3.8) is 0 Å². The molecule has 1 saturated carbocycles. The van der Waals surface area contributed by atoms with E-state index in [1.165, 1.54) is 6.42 Å². The molecule has 4 heteroatoms. The van der Waals surface area contributed by atoms with Crippen LogP contribution in [-0.4, -0.2) is 22.6 Å². The molecule has 2 atom stereocenters. The summed E-state index contributed by atoms with van der Waals surface area (Å²) >= 11 is 0. The zero-order valence-corrected chi connectivity index (χ0v) is 12.2. The summed E-state index contributed by atoms with van der Waals surface area (Å²) in [6.45, 7) is 7.65. The van der Waals surface area contributed by atoms with Crippen molar-refractivity contribution in [3.8, 4) is 5.88 Å². The molecule has 1 aromatic heterocycles. The Kier molecular flexibility index (Phi) is 5.00. The van der Waals surface area contributed by atoms with Crippen LogP contribution in [0, 0.1) is 11.8 Å². The second kappa shape index (κ2) is 6.73. The summed E-state index contributed by atoms with van der Waals surface area (Å²) in [6.07, 6.45) is 8.37. The molecule has 0 saturated heterocycles. The van der Waals surface area contributed by atoms with Crippen LogP contribution in [0.3, 0.4) is 0 Å². The Balaban J connectivity index is 1.94. The first-order chi connectivity index (χ1) is 9.17. The largest absolute Gasteiger partial charge is 0.473 e. The van der Waals surface area contributed by atoms with Gasteiger partial charge in [-0.1, -0.05) is 20.8 Å². The van der Waals surface area contributed by atoms with Gasteiger partial charge >= 0.3 is 0 Å². The second-order valence-electron chi connectivity index (χ2n) is 5.83. The first kappa shape index (κ1) is 14.1. The maximum absolute atomic E-state index is 6.00. The minimum absolute atomic E-state index is 0.287. The lowest BCUT2D eigenvalue weighted by atomic mass is 9.82. The molecular formula is C15H25N3O. The molecule has 2 rings (SSSR count). The molecule has 0 amide bonds. The van der Waals surface area contributed by atoms with Crippen LogP contribution in [0.4, 0.5) is 5.82 Å². The zero-order valence-electron chi connectivity index (χ0n) is 12.2. The number of nitrogens with zero attached hydrogens (tertiary/aromatic N) is 2. The van der Waals surface area contributed by atoms with E-state index in [1.807, 2.05) is 0 Å². The Hall–Kier alpha value is -1.32. The first-order valence-corrected chi connectivity index (χ1v) is 7.40. The van der Waals surface area contributed by atoms with Gasteiger partial charge in [0, 0.05) is 6.54 Å². The van der Waals surface area contributed by atoms with Crippen molar-refractivity contribution in [3.05, 3.63) is 12.4 Å². The van der Waals surface area contributed by atoms with E-state index in [0.717, 1.165) is 43.5 Å². The molecule has 4 nitrogen and oxygen atoms in total. The topological polar surface area (TPSA) is 47.0 Å². The van der Waals surface area contributed by atoms with Crippen molar-refractivity contribution in [2.24, 2.45) is 11.8 Å². The molecule has 1 aromatic rings. The standard InChI is InChI=1S/C15H25N3O/c1-4-5-17-14-9-16-10-15(18-14)19-13-7-11(2)6-12(3)8-13/h9-13H,4-8H2,1-3H3,(H,17,18). The lowest BCUT2D eigenvalue weighted by molar-refractivity contribution is 0.0964. The van der Waals surface area contributed by atoms with Gasteiger partial charge in [-0.25, -0.2) is 0 Å². The molecule has 1 fully saturated rings. The lowest BCUT2D eigenvalue weighted by Gasteiger charge is -2.31. The van der Waals surface area contributed by atoms with Gasteiger partial charge in [0.05, 0.1) is 12.4 Å². The number of ether oxygens (including phenoxy) is 1. The second-order valence-corrected chi connectivity index (χ2v) is 5.83.